The molecule has 0 saturated carbocycles. The number of benzene rings is 3. The quantitative estimate of drug-likeness (QED) is 0.333. The molecule has 0 aliphatic rings. The molecule has 0 aromatic heterocycles. The number of carbonyl (C=O) groups is 2. The first-order valence-corrected chi connectivity index (χ1v) is 14.5. The predicted molar refractivity (Wildman–Crippen MR) is 151 cm³/mol. The van der Waals surface area contributed by atoms with E-state index in [0.29, 0.717) is 15.9 Å². The first-order chi connectivity index (χ1) is 19.1. The van der Waals surface area contributed by atoms with Crippen LogP contribution in [0.4, 0.5) is 18.9 Å². The molecule has 11 heteroatoms. The van der Waals surface area contributed by atoms with Crippen molar-refractivity contribution in [2.45, 2.75) is 63.3 Å². The van der Waals surface area contributed by atoms with E-state index in [1.54, 1.807) is 64.1 Å². The van der Waals surface area contributed by atoms with Crippen LogP contribution >= 0.6 is 0 Å². The molecule has 0 bridgehead atoms. The van der Waals surface area contributed by atoms with Gasteiger partial charge in [0.2, 0.25) is 11.8 Å². The SMILES string of the molecule is CC[C@H](C(=O)NC(C)(C)C)N(Cc1ccccc1)C(=O)CN(c1cccc(C(F)(F)F)c1)S(=O)(=O)c1ccccc1. The molecule has 41 heavy (non-hydrogen) atoms. The number of nitrogens with one attached hydrogen (secondary N) is 1. The van der Waals surface area contributed by atoms with Gasteiger partial charge < -0.3 is 10.2 Å². The number of halogens is 3. The fourth-order valence-electron chi connectivity index (χ4n) is 4.24. The lowest BCUT2D eigenvalue weighted by molar-refractivity contribution is -0.141. The van der Waals surface area contributed by atoms with Gasteiger partial charge in [0.05, 0.1) is 16.1 Å². The van der Waals surface area contributed by atoms with Crippen molar-refractivity contribution in [3.05, 3.63) is 96.1 Å². The molecular weight excluding hydrogens is 555 g/mol. The summed E-state index contributed by atoms with van der Waals surface area (Å²) in [6.45, 7) is 6.26. The first kappa shape index (κ1) is 31.7. The van der Waals surface area contributed by atoms with Gasteiger partial charge in [-0.2, -0.15) is 13.2 Å². The van der Waals surface area contributed by atoms with Crippen LogP contribution in [0.5, 0.6) is 0 Å². The van der Waals surface area contributed by atoms with Crippen LogP contribution in [0.25, 0.3) is 0 Å². The summed E-state index contributed by atoms with van der Waals surface area (Å²) in [7, 11) is -4.48. The smallest absolute Gasteiger partial charge is 0.350 e. The Bertz CT molecular complexity index is 1440. The molecule has 0 aliphatic heterocycles. The van der Waals surface area contributed by atoms with E-state index in [4.69, 9.17) is 0 Å². The molecule has 3 rings (SSSR count). The highest BCUT2D eigenvalue weighted by atomic mass is 32.2. The maximum absolute atomic E-state index is 14.0. The minimum Gasteiger partial charge on any atom is -0.350 e. The molecule has 0 radical (unpaired) electrons. The van der Waals surface area contributed by atoms with Gasteiger partial charge in [-0.05, 0) is 63.1 Å². The predicted octanol–water partition coefficient (Wildman–Crippen LogP) is 5.62. The Morgan fingerprint density at radius 1 is 0.878 bits per heavy atom. The van der Waals surface area contributed by atoms with Gasteiger partial charge in [-0.3, -0.25) is 13.9 Å². The molecule has 2 amide bonds. The monoisotopic (exact) mass is 589 g/mol. The molecule has 1 N–H and O–H groups in total. The van der Waals surface area contributed by atoms with Crippen LogP contribution in [-0.4, -0.2) is 43.3 Å². The summed E-state index contributed by atoms with van der Waals surface area (Å²) >= 11 is 0. The first-order valence-electron chi connectivity index (χ1n) is 13.0. The van der Waals surface area contributed by atoms with E-state index in [1.165, 1.54) is 35.2 Å². The van der Waals surface area contributed by atoms with Gasteiger partial charge >= 0.3 is 6.18 Å². The van der Waals surface area contributed by atoms with E-state index in [-0.39, 0.29) is 23.5 Å². The summed E-state index contributed by atoms with van der Waals surface area (Å²) in [6.07, 6.45) is -4.52. The third kappa shape index (κ3) is 8.32. The Kier molecular flexibility index (Phi) is 9.85. The second-order valence-electron chi connectivity index (χ2n) is 10.5. The summed E-state index contributed by atoms with van der Waals surface area (Å²) in [4.78, 5) is 28.4. The van der Waals surface area contributed by atoms with Crippen molar-refractivity contribution >= 4 is 27.5 Å². The Morgan fingerprint density at radius 2 is 1.46 bits per heavy atom. The molecule has 0 spiro atoms. The van der Waals surface area contributed by atoms with E-state index < -0.39 is 51.7 Å². The zero-order valence-corrected chi connectivity index (χ0v) is 24.2. The van der Waals surface area contributed by atoms with E-state index >= 15 is 0 Å². The number of hydrogen-bond donors (Lipinski definition) is 1. The highest BCUT2D eigenvalue weighted by Gasteiger charge is 2.36. The average Bonchev–Trinajstić information content (AvgIpc) is 2.91. The van der Waals surface area contributed by atoms with Crippen LogP contribution in [0.1, 0.15) is 45.2 Å². The van der Waals surface area contributed by atoms with Gasteiger partial charge in [0.15, 0.2) is 0 Å². The van der Waals surface area contributed by atoms with E-state index in [9.17, 15) is 31.2 Å². The Labute approximate surface area is 239 Å². The van der Waals surface area contributed by atoms with Crippen molar-refractivity contribution in [3.8, 4) is 0 Å². The second-order valence-corrected chi connectivity index (χ2v) is 12.4. The van der Waals surface area contributed by atoms with Crippen LogP contribution in [0.2, 0.25) is 0 Å². The molecule has 0 saturated heterocycles. The van der Waals surface area contributed by atoms with Gasteiger partial charge in [-0.25, -0.2) is 8.42 Å². The summed E-state index contributed by atoms with van der Waals surface area (Å²) < 4.78 is 68.9. The van der Waals surface area contributed by atoms with Crippen molar-refractivity contribution in [1.29, 1.82) is 0 Å². The third-order valence-electron chi connectivity index (χ3n) is 6.15. The Balaban J connectivity index is 2.11. The minimum absolute atomic E-state index is 0.0163. The van der Waals surface area contributed by atoms with Gasteiger partial charge in [0, 0.05) is 12.1 Å². The number of alkyl halides is 3. The molecule has 3 aromatic carbocycles. The molecule has 7 nitrogen and oxygen atoms in total. The van der Waals surface area contributed by atoms with Gasteiger partial charge in [0.1, 0.15) is 12.6 Å². The normalized spacial score (nSPS) is 12.9. The lowest BCUT2D eigenvalue weighted by Crippen LogP contribution is -2.55. The Hall–Kier alpha value is -3.86. The molecule has 220 valence electrons. The standard InChI is InChI=1S/C30H34F3N3O4S/c1-5-26(28(38)34-29(2,3)4)35(20-22-13-8-6-9-14-22)27(37)21-36(41(39,40)25-17-10-7-11-18-25)24-16-12-15-23(19-24)30(31,32)33/h6-19,26H,5,20-21H2,1-4H3,(H,34,38)/t26-/m1/s1. The largest absolute Gasteiger partial charge is 0.416 e. The number of anilines is 1. The van der Waals surface area contributed by atoms with Crippen LogP contribution in [0.15, 0.2) is 89.8 Å². The van der Waals surface area contributed by atoms with Crippen molar-refractivity contribution in [3.63, 3.8) is 0 Å². The number of hydrogen-bond acceptors (Lipinski definition) is 4. The summed E-state index contributed by atoms with van der Waals surface area (Å²) in [6, 6.07) is 18.8. The van der Waals surface area contributed by atoms with E-state index in [0.717, 1.165) is 12.1 Å². The number of carbonyl (C=O) groups excluding carboxylic acids is 2. The highest BCUT2D eigenvalue weighted by molar-refractivity contribution is 7.92. The second kappa shape index (κ2) is 12.8. The highest BCUT2D eigenvalue weighted by Crippen LogP contribution is 2.33. The van der Waals surface area contributed by atoms with Crippen LogP contribution in [0.3, 0.4) is 0 Å². The van der Waals surface area contributed by atoms with Crippen molar-refractivity contribution < 1.29 is 31.2 Å². The van der Waals surface area contributed by atoms with Crippen molar-refractivity contribution in [2.24, 2.45) is 0 Å². The van der Waals surface area contributed by atoms with Gasteiger partial charge in [-0.1, -0.05) is 61.5 Å². The molecule has 0 aliphatic carbocycles. The molecular formula is C30H34F3N3O4S. The molecule has 1 atom stereocenters. The number of rotatable bonds is 10. The summed E-state index contributed by atoms with van der Waals surface area (Å²) in [5.41, 5.74) is -1.30. The third-order valence-corrected chi connectivity index (χ3v) is 7.94. The van der Waals surface area contributed by atoms with Crippen molar-refractivity contribution in [1.82, 2.24) is 10.2 Å². The molecule has 0 unspecified atom stereocenters. The fraction of sp³-hybridized carbons (Fsp3) is 0.333. The minimum atomic E-state index is -4.74. The molecule has 0 heterocycles. The lowest BCUT2D eigenvalue weighted by atomic mass is 10.1. The van der Waals surface area contributed by atoms with Crippen LogP contribution in [0, 0.1) is 0 Å². The molecule has 3 aromatic rings. The maximum Gasteiger partial charge on any atom is 0.416 e. The number of sulfonamides is 1. The van der Waals surface area contributed by atoms with Gasteiger partial charge in [0.25, 0.3) is 10.0 Å². The maximum atomic E-state index is 14.0. The Morgan fingerprint density at radius 3 is 2.00 bits per heavy atom. The number of nitrogens with zero attached hydrogens (tertiary/aromatic N) is 2. The fourth-order valence-corrected chi connectivity index (χ4v) is 5.67. The lowest BCUT2D eigenvalue weighted by Gasteiger charge is -2.34. The van der Waals surface area contributed by atoms with Gasteiger partial charge in [-0.15, -0.1) is 0 Å². The zero-order chi connectivity index (χ0) is 30.4. The van der Waals surface area contributed by atoms with Crippen LogP contribution in [-0.2, 0) is 32.3 Å². The van der Waals surface area contributed by atoms with E-state index in [1.807, 2.05) is 0 Å². The topological polar surface area (TPSA) is 86.8 Å². The van der Waals surface area contributed by atoms with E-state index in [2.05, 4.69) is 5.32 Å². The van der Waals surface area contributed by atoms with Crippen LogP contribution < -0.4 is 9.62 Å². The summed E-state index contributed by atoms with van der Waals surface area (Å²) in [5.74, 6) is -1.18. The van der Waals surface area contributed by atoms with Crippen molar-refractivity contribution in [2.75, 3.05) is 10.8 Å². The molecule has 0 fully saturated rings. The average molecular weight is 590 g/mol. The zero-order valence-electron chi connectivity index (χ0n) is 23.4. The summed E-state index contributed by atoms with van der Waals surface area (Å²) in [5, 5.41) is 2.87. The number of amides is 2.